The lowest BCUT2D eigenvalue weighted by Gasteiger charge is -2.25. The summed E-state index contributed by atoms with van der Waals surface area (Å²) in [5.41, 5.74) is 1.25. The highest BCUT2D eigenvalue weighted by atomic mass is 16.5. The topological polar surface area (TPSA) is 21.3 Å². The van der Waals surface area contributed by atoms with Gasteiger partial charge in [0.25, 0.3) is 0 Å². The molecule has 2 heteroatoms. The standard InChI is InChI=1S/C15H21NO/c1-11-4-2-3-5-14(11)17-15(12-6-7-12)13-8-9-16-10-13/h2-5,12-13,15-16H,6-10H2,1H3/t13-,15-/m0/s1. The zero-order valence-corrected chi connectivity index (χ0v) is 10.5. The normalized spacial score (nSPS) is 25.8. The van der Waals surface area contributed by atoms with Crippen molar-refractivity contribution in [3.8, 4) is 5.75 Å². The van der Waals surface area contributed by atoms with E-state index in [1.807, 2.05) is 0 Å². The molecule has 1 heterocycles. The van der Waals surface area contributed by atoms with E-state index in [9.17, 15) is 0 Å². The molecule has 92 valence electrons. The fourth-order valence-electron chi connectivity index (χ4n) is 2.79. The Bertz CT molecular complexity index is 380. The van der Waals surface area contributed by atoms with E-state index in [1.165, 1.54) is 24.8 Å². The van der Waals surface area contributed by atoms with Crippen LogP contribution in [0.2, 0.25) is 0 Å². The number of aryl methyl sites for hydroxylation is 1. The molecule has 0 amide bonds. The van der Waals surface area contributed by atoms with Crippen LogP contribution in [0.25, 0.3) is 0 Å². The molecule has 0 aromatic heterocycles. The van der Waals surface area contributed by atoms with Crippen molar-refractivity contribution in [2.45, 2.75) is 32.3 Å². The van der Waals surface area contributed by atoms with Crippen molar-refractivity contribution >= 4 is 0 Å². The Balaban J connectivity index is 1.74. The molecule has 1 saturated carbocycles. The van der Waals surface area contributed by atoms with Crippen LogP contribution in [0.3, 0.4) is 0 Å². The van der Waals surface area contributed by atoms with E-state index >= 15 is 0 Å². The van der Waals surface area contributed by atoms with Crippen LogP contribution in [-0.2, 0) is 0 Å². The molecule has 2 nitrogen and oxygen atoms in total. The largest absolute Gasteiger partial charge is 0.490 e. The van der Waals surface area contributed by atoms with Crippen LogP contribution < -0.4 is 10.1 Å². The van der Waals surface area contributed by atoms with Crippen LogP contribution in [0.5, 0.6) is 5.75 Å². The summed E-state index contributed by atoms with van der Waals surface area (Å²) >= 11 is 0. The van der Waals surface area contributed by atoms with Gasteiger partial charge in [0.05, 0.1) is 0 Å². The molecule has 1 aliphatic heterocycles. The van der Waals surface area contributed by atoms with Gasteiger partial charge in [-0.2, -0.15) is 0 Å². The molecular weight excluding hydrogens is 210 g/mol. The van der Waals surface area contributed by atoms with Gasteiger partial charge in [0.1, 0.15) is 11.9 Å². The third-order valence-electron chi connectivity index (χ3n) is 4.01. The molecular formula is C15H21NO. The molecule has 1 saturated heterocycles. The van der Waals surface area contributed by atoms with Crippen LogP contribution in [0, 0.1) is 18.8 Å². The Morgan fingerprint density at radius 1 is 1.18 bits per heavy atom. The lowest BCUT2D eigenvalue weighted by Crippen LogP contribution is -2.31. The van der Waals surface area contributed by atoms with Gasteiger partial charge in [-0.1, -0.05) is 18.2 Å². The van der Waals surface area contributed by atoms with Gasteiger partial charge in [0.15, 0.2) is 0 Å². The summed E-state index contributed by atoms with van der Waals surface area (Å²) in [5, 5.41) is 3.46. The highest BCUT2D eigenvalue weighted by Crippen LogP contribution is 2.40. The van der Waals surface area contributed by atoms with E-state index in [0.29, 0.717) is 12.0 Å². The first kappa shape index (κ1) is 11.1. The van der Waals surface area contributed by atoms with Gasteiger partial charge < -0.3 is 10.1 Å². The number of benzene rings is 1. The molecule has 1 aliphatic carbocycles. The summed E-state index contributed by atoms with van der Waals surface area (Å²) in [6, 6.07) is 8.38. The Labute approximate surface area is 103 Å². The molecule has 0 unspecified atom stereocenters. The zero-order valence-electron chi connectivity index (χ0n) is 10.5. The summed E-state index contributed by atoms with van der Waals surface area (Å²) in [6.07, 6.45) is 4.42. The van der Waals surface area contributed by atoms with Gasteiger partial charge in [0.2, 0.25) is 0 Å². The number of nitrogens with one attached hydrogen (secondary N) is 1. The minimum absolute atomic E-state index is 0.436. The third kappa shape index (κ3) is 2.47. The zero-order chi connectivity index (χ0) is 11.7. The number of rotatable bonds is 4. The monoisotopic (exact) mass is 231 g/mol. The Morgan fingerprint density at radius 3 is 2.65 bits per heavy atom. The van der Waals surface area contributed by atoms with Gasteiger partial charge in [-0.15, -0.1) is 0 Å². The minimum Gasteiger partial charge on any atom is -0.490 e. The van der Waals surface area contributed by atoms with Gasteiger partial charge >= 0.3 is 0 Å². The minimum atomic E-state index is 0.436. The van der Waals surface area contributed by atoms with Crippen molar-refractivity contribution in [2.24, 2.45) is 11.8 Å². The highest BCUT2D eigenvalue weighted by molar-refractivity contribution is 5.32. The van der Waals surface area contributed by atoms with E-state index in [4.69, 9.17) is 4.74 Å². The predicted octanol–water partition coefficient (Wildman–Crippen LogP) is 2.76. The van der Waals surface area contributed by atoms with Crippen LogP contribution in [0.1, 0.15) is 24.8 Å². The second-order valence-electron chi connectivity index (χ2n) is 5.44. The highest BCUT2D eigenvalue weighted by Gasteiger charge is 2.39. The van der Waals surface area contributed by atoms with Crippen LogP contribution in [0.15, 0.2) is 24.3 Å². The molecule has 0 radical (unpaired) electrons. The van der Waals surface area contributed by atoms with Crippen molar-refractivity contribution in [2.75, 3.05) is 13.1 Å². The van der Waals surface area contributed by atoms with Gasteiger partial charge in [-0.25, -0.2) is 0 Å². The van der Waals surface area contributed by atoms with Crippen LogP contribution >= 0.6 is 0 Å². The first-order valence-corrected chi connectivity index (χ1v) is 6.77. The van der Waals surface area contributed by atoms with Crippen molar-refractivity contribution < 1.29 is 4.74 Å². The first-order valence-electron chi connectivity index (χ1n) is 6.77. The summed E-state index contributed by atoms with van der Waals surface area (Å²) in [5.74, 6) is 2.60. The van der Waals surface area contributed by atoms with E-state index in [1.54, 1.807) is 0 Å². The van der Waals surface area contributed by atoms with Gasteiger partial charge in [0, 0.05) is 12.5 Å². The van der Waals surface area contributed by atoms with E-state index < -0.39 is 0 Å². The number of para-hydroxylation sites is 1. The summed E-state index contributed by atoms with van der Waals surface area (Å²) < 4.78 is 6.31. The average Bonchev–Trinajstić information content (AvgIpc) is 3.03. The van der Waals surface area contributed by atoms with Crippen LogP contribution in [-0.4, -0.2) is 19.2 Å². The Hall–Kier alpha value is -1.02. The molecule has 0 bridgehead atoms. The molecule has 1 aromatic carbocycles. The number of ether oxygens (including phenoxy) is 1. The Morgan fingerprint density at radius 2 is 2.00 bits per heavy atom. The maximum atomic E-state index is 6.31. The average molecular weight is 231 g/mol. The van der Waals surface area contributed by atoms with E-state index in [0.717, 1.165) is 24.8 Å². The third-order valence-corrected chi connectivity index (χ3v) is 4.01. The van der Waals surface area contributed by atoms with Crippen molar-refractivity contribution in [1.82, 2.24) is 5.32 Å². The molecule has 2 aliphatic rings. The fourth-order valence-corrected chi connectivity index (χ4v) is 2.79. The summed E-state index contributed by atoms with van der Waals surface area (Å²) in [4.78, 5) is 0. The van der Waals surface area contributed by atoms with Crippen molar-refractivity contribution in [3.05, 3.63) is 29.8 Å². The first-order chi connectivity index (χ1) is 8.34. The SMILES string of the molecule is Cc1ccccc1O[C@@H](C1CC1)[C@H]1CCNC1. The number of hydrogen-bond donors (Lipinski definition) is 1. The molecule has 1 aromatic rings. The molecule has 0 spiro atoms. The quantitative estimate of drug-likeness (QED) is 0.860. The molecule has 1 N–H and O–H groups in total. The molecule has 3 rings (SSSR count). The smallest absolute Gasteiger partial charge is 0.122 e. The fraction of sp³-hybridized carbons (Fsp3) is 0.600. The van der Waals surface area contributed by atoms with Crippen LogP contribution in [0.4, 0.5) is 0 Å². The van der Waals surface area contributed by atoms with E-state index in [2.05, 4.69) is 36.5 Å². The Kier molecular flexibility index (Phi) is 3.06. The van der Waals surface area contributed by atoms with Crippen molar-refractivity contribution in [3.63, 3.8) is 0 Å². The predicted molar refractivity (Wildman–Crippen MR) is 69.3 cm³/mol. The second kappa shape index (κ2) is 4.69. The van der Waals surface area contributed by atoms with E-state index in [-0.39, 0.29) is 0 Å². The van der Waals surface area contributed by atoms with Gasteiger partial charge in [-0.05, 0) is 50.3 Å². The molecule has 2 fully saturated rings. The maximum absolute atomic E-state index is 6.31. The van der Waals surface area contributed by atoms with Crippen molar-refractivity contribution in [1.29, 1.82) is 0 Å². The maximum Gasteiger partial charge on any atom is 0.122 e. The lowest BCUT2D eigenvalue weighted by molar-refractivity contribution is 0.120. The molecule has 17 heavy (non-hydrogen) atoms. The summed E-state index contributed by atoms with van der Waals surface area (Å²) in [7, 11) is 0. The second-order valence-corrected chi connectivity index (χ2v) is 5.44. The lowest BCUT2D eigenvalue weighted by atomic mass is 9.97. The number of hydrogen-bond acceptors (Lipinski definition) is 2. The summed E-state index contributed by atoms with van der Waals surface area (Å²) in [6.45, 7) is 4.42. The van der Waals surface area contributed by atoms with Gasteiger partial charge in [-0.3, -0.25) is 0 Å². The molecule has 2 atom stereocenters.